The van der Waals surface area contributed by atoms with Crippen LogP contribution in [0.3, 0.4) is 0 Å². The lowest BCUT2D eigenvalue weighted by molar-refractivity contribution is -0.145. The predicted octanol–water partition coefficient (Wildman–Crippen LogP) is 2.05. The Labute approximate surface area is 267 Å². The molecular weight excluding hydrogens is 598 g/mol. The van der Waals surface area contributed by atoms with Gasteiger partial charge < -0.3 is 26.6 Å². The summed E-state index contributed by atoms with van der Waals surface area (Å²) in [6.45, 7) is 11.5. The van der Waals surface area contributed by atoms with Crippen LogP contribution in [0, 0.1) is 28.6 Å². The predicted molar refractivity (Wildman–Crippen MR) is 169 cm³/mol. The van der Waals surface area contributed by atoms with E-state index in [1.54, 1.807) is 6.92 Å². The summed E-state index contributed by atoms with van der Waals surface area (Å²) in [5.74, 6) is -2.90. The highest BCUT2D eigenvalue weighted by Gasteiger charge is 2.70. The van der Waals surface area contributed by atoms with Gasteiger partial charge in [0.2, 0.25) is 17.6 Å². The molecule has 4 aliphatic rings. The molecule has 0 aromatic rings. The fourth-order valence-corrected chi connectivity index (χ4v) is 9.22. The van der Waals surface area contributed by atoms with Crippen LogP contribution in [0.2, 0.25) is 0 Å². The number of likely N-dealkylation sites (tertiary alicyclic amines) is 1. The molecule has 45 heavy (non-hydrogen) atoms. The molecule has 13 heteroatoms. The van der Waals surface area contributed by atoms with Gasteiger partial charge in [-0.15, -0.1) is 0 Å². The van der Waals surface area contributed by atoms with Crippen LogP contribution in [0.15, 0.2) is 0 Å². The Bertz CT molecular complexity index is 1300. The van der Waals surface area contributed by atoms with Crippen LogP contribution in [0.4, 0.5) is 4.79 Å². The molecule has 0 radical (unpaired) electrons. The lowest BCUT2D eigenvalue weighted by Gasteiger charge is -2.40. The number of Topliss-reactive ketones (excluding diaryl/α,β-unsaturated/α-hetero) is 1. The van der Waals surface area contributed by atoms with Crippen LogP contribution < -0.4 is 21.7 Å². The number of carbonyl (C=O) groups is 5. The zero-order valence-corrected chi connectivity index (χ0v) is 28.6. The third-order valence-corrected chi connectivity index (χ3v) is 12.8. The average molecular weight is 652 g/mol. The number of piperidine rings is 1. The molecule has 12 nitrogen and oxygen atoms in total. The summed E-state index contributed by atoms with van der Waals surface area (Å²) < 4.78 is 25.2. The van der Waals surface area contributed by atoms with Gasteiger partial charge in [-0.1, -0.05) is 80.1 Å². The Kier molecular flexibility index (Phi) is 10.0. The first kappa shape index (κ1) is 35.2. The van der Waals surface area contributed by atoms with Crippen molar-refractivity contribution in [2.24, 2.45) is 34.3 Å². The number of urea groups is 1. The van der Waals surface area contributed by atoms with E-state index in [1.807, 2.05) is 34.6 Å². The number of nitrogens with one attached hydrogen (secondary N) is 3. The molecule has 4 fully saturated rings. The first-order chi connectivity index (χ1) is 20.8. The molecule has 1 heterocycles. The molecule has 1 saturated heterocycles. The third kappa shape index (κ3) is 7.65. The zero-order chi connectivity index (χ0) is 33.5. The Morgan fingerprint density at radius 3 is 2.11 bits per heavy atom. The highest BCUT2D eigenvalue weighted by molar-refractivity contribution is 7.91. The quantitative estimate of drug-likeness (QED) is 0.233. The van der Waals surface area contributed by atoms with Crippen molar-refractivity contribution in [1.29, 1.82) is 0 Å². The van der Waals surface area contributed by atoms with Gasteiger partial charge >= 0.3 is 6.03 Å². The van der Waals surface area contributed by atoms with Crippen molar-refractivity contribution in [2.75, 3.05) is 18.1 Å². The highest BCUT2D eigenvalue weighted by Crippen LogP contribution is 2.65. The minimum atomic E-state index is -3.38. The van der Waals surface area contributed by atoms with Gasteiger partial charge in [0.1, 0.15) is 12.1 Å². The van der Waals surface area contributed by atoms with Gasteiger partial charge in [0.15, 0.2) is 9.84 Å². The van der Waals surface area contributed by atoms with Crippen molar-refractivity contribution >= 4 is 39.4 Å². The monoisotopic (exact) mass is 651 g/mol. The van der Waals surface area contributed by atoms with Gasteiger partial charge in [-0.05, 0) is 47.8 Å². The minimum Gasteiger partial charge on any atom is -0.363 e. The maximum absolute atomic E-state index is 14.3. The molecule has 4 rings (SSSR count). The van der Waals surface area contributed by atoms with E-state index in [-0.39, 0.29) is 34.7 Å². The summed E-state index contributed by atoms with van der Waals surface area (Å²) in [6, 6.07) is -3.56. The van der Waals surface area contributed by atoms with E-state index in [0.717, 1.165) is 38.5 Å². The smallest absolute Gasteiger partial charge is 0.315 e. The van der Waals surface area contributed by atoms with Crippen LogP contribution in [-0.4, -0.2) is 84.6 Å². The summed E-state index contributed by atoms with van der Waals surface area (Å²) in [5, 5.41) is 8.59. The number of rotatable bonds is 12. The van der Waals surface area contributed by atoms with Crippen LogP contribution in [0.1, 0.15) is 99.3 Å². The van der Waals surface area contributed by atoms with Gasteiger partial charge in [-0.25, -0.2) is 13.2 Å². The number of amides is 5. The second-order valence-electron chi connectivity index (χ2n) is 15.6. The Hall–Kier alpha value is -2.70. The van der Waals surface area contributed by atoms with Crippen molar-refractivity contribution in [3.05, 3.63) is 0 Å². The summed E-state index contributed by atoms with van der Waals surface area (Å²) >= 11 is 0. The van der Waals surface area contributed by atoms with E-state index in [4.69, 9.17) is 5.73 Å². The number of ketones is 1. The molecule has 0 bridgehead atoms. The number of sulfone groups is 1. The Morgan fingerprint density at radius 2 is 1.60 bits per heavy atom. The summed E-state index contributed by atoms with van der Waals surface area (Å²) in [5.41, 5.74) is 3.47. The molecule has 3 unspecified atom stereocenters. The van der Waals surface area contributed by atoms with Crippen LogP contribution in [0.25, 0.3) is 0 Å². The number of nitrogens with two attached hydrogens (primary N) is 1. The Morgan fingerprint density at radius 1 is 0.978 bits per heavy atom. The maximum atomic E-state index is 14.3. The maximum Gasteiger partial charge on any atom is 0.315 e. The normalized spacial score (nSPS) is 26.9. The molecule has 0 spiro atoms. The van der Waals surface area contributed by atoms with E-state index < -0.39 is 68.5 Å². The summed E-state index contributed by atoms with van der Waals surface area (Å²) in [6.07, 6.45) is 6.81. The van der Waals surface area contributed by atoms with E-state index in [1.165, 1.54) is 4.90 Å². The van der Waals surface area contributed by atoms with Crippen molar-refractivity contribution in [3.8, 4) is 0 Å². The SMILES string of the molecule is CCS(=O)(=O)CC1(NC(=O)N[C@H](C(=O)N2CC3C([C@H]2C(=O)NC(CC2CCC2)C(=O)C(N)=O)C3(C)C)C(C)(C)C)CCCCC1. The molecule has 0 aromatic carbocycles. The first-order valence-electron chi connectivity index (χ1n) is 16.6. The average Bonchev–Trinajstić information content (AvgIpc) is 3.24. The summed E-state index contributed by atoms with van der Waals surface area (Å²) in [7, 11) is -3.38. The molecule has 5 N–H and O–H groups in total. The van der Waals surface area contributed by atoms with Crippen molar-refractivity contribution in [2.45, 2.75) is 123 Å². The topological polar surface area (TPSA) is 185 Å². The van der Waals surface area contributed by atoms with Gasteiger partial charge in [-0.2, -0.15) is 0 Å². The number of hydrogen-bond donors (Lipinski definition) is 4. The van der Waals surface area contributed by atoms with Gasteiger partial charge in [0, 0.05) is 12.3 Å². The molecule has 1 aliphatic heterocycles. The Balaban J connectivity index is 1.54. The number of carbonyl (C=O) groups excluding carboxylic acids is 5. The van der Waals surface area contributed by atoms with Crippen molar-refractivity contribution < 1.29 is 32.4 Å². The second kappa shape index (κ2) is 12.8. The van der Waals surface area contributed by atoms with Gasteiger partial charge in [-0.3, -0.25) is 19.2 Å². The molecule has 254 valence electrons. The van der Waals surface area contributed by atoms with Crippen molar-refractivity contribution in [1.82, 2.24) is 20.9 Å². The second-order valence-corrected chi connectivity index (χ2v) is 18.0. The zero-order valence-electron chi connectivity index (χ0n) is 27.7. The van der Waals surface area contributed by atoms with Gasteiger partial charge in [0.25, 0.3) is 5.91 Å². The van der Waals surface area contributed by atoms with E-state index in [2.05, 4.69) is 16.0 Å². The van der Waals surface area contributed by atoms with E-state index >= 15 is 0 Å². The standard InChI is InChI=1S/C32H53N5O7S/c1-7-45(43,44)18-32(14-9-8-10-15-32)36-29(42)35-25(30(2,3)4)28(41)37-17-20-22(31(20,5)6)23(37)27(40)34-21(24(38)26(33)39)16-19-12-11-13-19/h19-23,25H,7-18H2,1-6H3,(H2,33,39)(H,34,40)(H2,35,36,42)/t20?,21?,22?,23-,25+/m0/s1. The fourth-order valence-electron chi connectivity index (χ4n) is 7.81. The number of fused-ring (bicyclic) bond motifs is 1. The molecule has 5 amide bonds. The minimum absolute atomic E-state index is 0.0230. The van der Waals surface area contributed by atoms with Crippen LogP contribution in [0.5, 0.6) is 0 Å². The molecular formula is C32H53N5O7S. The lowest BCUT2D eigenvalue weighted by Crippen LogP contribution is -2.64. The number of hydrogen-bond acceptors (Lipinski definition) is 7. The molecule has 3 aliphatic carbocycles. The van der Waals surface area contributed by atoms with Crippen LogP contribution in [-0.2, 0) is 29.0 Å². The largest absolute Gasteiger partial charge is 0.363 e. The fraction of sp³-hybridized carbons (Fsp3) is 0.844. The number of nitrogens with zero attached hydrogens (tertiary/aromatic N) is 1. The highest BCUT2D eigenvalue weighted by atomic mass is 32.2. The number of primary amides is 1. The first-order valence-corrected chi connectivity index (χ1v) is 18.4. The van der Waals surface area contributed by atoms with Crippen LogP contribution >= 0.6 is 0 Å². The van der Waals surface area contributed by atoms with Gasteiger partial charge in [0.05, 0.1) is 17.3 Å². The third-order valence-electron chi connectivity index (χ3n) is 10.9. The molecule has 5 atom stereocenters. The molecule has 3 saturated carbocycles. The van der Waals surface area contributed by atoms with E-state index in [0.29, 0.717) is 25.8 Å². The lowest BCUT2D eigenvalue weighted by atomic mass is 9.80. The summed E-state index contributed by atoms with van der Waals surface area (Å²) in [4.78, 5) is 67.8. The molecule has 0 aromatic heterocycles. The van der Waals surface area contributed by atoms with Crippen molar-refractivity contribution in [3.63, 3.8) is 0 Å². The van der Waals surface area contributed by atoms with E-state index in [9.17, 15) is 32.4 Å².